The molecule has 0 saturated carbocycles. The number of nitrogens with one attached hydrogen (secondary N) is 1. The molecule has 9 heteroatoms. The van der Waals surface area contributed by atoms with Crippen LogP contribution in [-0.2, 0) is 6.42 Å². The molecular weight excluding hydrogens is 250 g/mol. The van der Waals surface area contributed by atoms with Crippen molar-refractivity contribution >= 4 is 11.9 Å². The van der Waals surface area contributed by atoms with Gasteiger partial charge in [-0.25, -0.2) is 0 Å². The molecule has 0 aliphatic heterocycles. The summed E-state index contributed by atoms with van der Waals surface area (Å²) in [5, 5.41) is 6.69. The Labute approximate surface area is 109 Å². The minimum atomic E-state index is 0.114. The van der Waals surface area contributed by atoms with Crippen molar-refractivity contribution in [2.75, 3.05) is 24.2 Å². The van der Waals surface area contributed by atoms with Crippen molar-refractivity contribution in [2.24, 2.45) is 0 Å². The van der Waals surface area contributed by atoms with E-state index in [4.69, 9.17) is 10.5 Å². The first-order valence-electron chi connectivity index (χ1n) is 5.91. The van der Waals surface area contributed by atoms with Gasteiger partial charge in [-0.15, -0.1) is 0 Å². The molecule has 3 N–H and O–H groups in total. The first-order chi connectivity index (χ1) is 9.28. The van der Waals surface area contributed by atoms with E-state index in [0.29, 0.717) is 31.3 Å². The molecule has 0 aromatic carbocycles. The Hall–Kier alpha value is -2.45. The zero-order valence-electron chi connectivity index (χ0n) is 10.5. The molecule has 9 nitrogen and oxygen atoms in total. The van der Waals surface area contributed by atoms with Crippen LogP contribution in [-0.4, -0.2) is 38.2 Å². The summed E-state index contributed by atoms with van der Waals surface area (Å²) in [5.41, 5.74) is 5.58. The second kappa shape index (κ2) is 6.47. The van der Waals surface area contributed by atoms with Crippen LogP contribution < -0.4 is 15.8 Å². The van der Waals surface area contributed by atoms with Crippen molar-refractivity contribution in [2.45, 2.75) is 19.8 Å². The van der Waals surface area contributed by atoms with Crippen LogP contribution in [0.4, 0.5) is 11.9 Å². The van der Waals surface area contributed by atoms with E-state index < -0.39 is 0 Å². The average Bonchev–Trinajstić information content (AvgIpc) is 2.89. The molecule has 0 amide bonds. The lowest BCUT2D eigenvalue weighted by atomic mass is 10.4. The van der Waals surface area contributed by atoms with Crippen LogP contribution in [0.15, 0.2) is 10.9 Å². The molecule has 102 valence electrons. The Morgan fingerprint density at radius 3 is 3.00 bits per heavy atom. The van der Waals surface area contributed by atoms with Crippen molar-refractivity contribution in [3.05, 3.63) is 12.2 Å². The van der Waals surface area contributed by atoms with E-state index in [1.165, 1.54) is 6.39 Å². The number of rotatable bonds is 7. The highest BCUT2D eigenvalue weighted by Crippen LogP contribution is 2.09. The molecule has 0 bridgehead atoms. The van der Waals surface area contributed by atoms with E-state index in [1.54, 1.807) is 0 Å². The quantitative estimate of drug-likeness (QED) is 0.725. The predicted molar refractivity (Wildman–Crippen MR) is 66.5 cm³/mol. The number of nitrogens with zero attached hydrogens (tertiary/aromatic N) is 5. The van der Waals surface area contributed by atoms with E-state index in [1.807, 2.05) is 6.92 Å². The van der Waals surface area contributed by atoms with Gasteiger partial charge in [-0.05, 0) is 6.42 Å². The molecule has 2 aromatic rings. The van der Waals surface area contributed by atoms with Gasteiger partial charge in [0, 0.05) is 13.0 Å². The lowest BCUT2D eigenvalue weighted by molar-refractivity contribution is 0.292. The molecule has 0 saturated heterocycles. The van der Waals surface area contributed by atoms with Crippen molar-refractivity contribution in [1.29, 1.82) is 0 Å². The van der Waals surface area contributed by atoms with Gasteiger partial charge in [-0.2, -0.15) is 19.9 Å². The van der Waals surface area contributed by atoms with E-state index in [0.717, 1.165) is 6.42 Å². The Balaban J connectivity index is 1.90. The predicted octanol–water partition coefficient (Wildman–Crippen LogP) is 0.280. The molecule has 0 aliphatic carbocycles. The number of nitrogens with two attached hydrogens (primary N) is 1. The van der Waals surface area contributed by atoms with Crippen LogP contribution in [0, 0.1) is 0 Å². The number of aromatic nitrogens is 5. The van der Waals surface area contributed by atoms with Gasteiger partial charge in [0.25, 0.3) is 0 Å². The van der Waals surface area contributed by atoms with Crippen molar-refractivity contribution in [1.82, 2.24) is 25.1 Å². The highest BCUT2D eigenvalue weighted by Gasteiger charge is 2.05. The van der Waals surface area contributed by atoms with Crippen molar-refractivity contribution in [3.63, 3.8) is 0 Å². The third-order valence-corrected chi connectivity index (χ3v) is 2.11. The van der Waals surface area contributed by atoms with E-state index >= 15 is 0 Å². The molecule has 2 heterocycles. The lowest BCUT2D eigenvalue weighted by Gasteiger charge is -2.06. The Morgan fingerprint density at radius 2 is 2.26 bits per heavy atom. The van der Waals surface area contributed by atoms with Crippen LogP contribution >= 0.6 is 0 Å². The summed E-state index contributed by atoms with van der Waals surface area (Å²) in [6.07, 6.45) is 2.74. The Morgan fingerprint density at radius 1 is 1.37 bits per heavy atom. The molecule has 0 unspecified atom stereocenters. The van der Waals surface area contributed by atoms with Gasteiger partial charge in [0.15, 0.2) is 5.82 Å². The molecule has 19 heavy (non-hydrogen) atoms. The zero-order valence-corrected chi connectivity index (χ0v) is 10.5. The van der Waals surface area contributed by atoms with Crippen LogP contribution in [0.5, 0.6) is 6.01 Å². The van der Waals surface area contributed by atoms with Crippen LogP contribution in [0.25, 0.3) is 0 Å². The number of hydrogen-bond donors (Lipinski definition) is 2. The summed E-state index contributed by atoms with van der Waals surface area (Å²) in [7, 11) is 0. The maximum absolute atomic E-state index is 5.58. The smallest absolute Gasteiger partial charge is 0.323 e. The second-order valence-corrected chi connectivity index (χ2v) is 3.67. The number of anilines is 2. The van der Waals surface area contributed by atoms with Crippen molar-refractivity contribution in [3.8, 4) is 6.01 Å². The molecule has 0 aliphatic rings. The number of hydrogen-bond acceptors (Lipinski definition) is 9. The Bertz CT molecular complexity index is 503. The third kappa shape index (κ3) is 4.05. The first kappa shape index (κ1) is 13.0. The lowest BCUT2D eigenvalue weighted by Crippen LogP contribution is -2.12. The van der Waals surface area contributed by atoms with Gasteiger partial charge in [-0.3, -0.25) is 0 Å². The highest BCUT2D eigenvalue weighted by atomic mass is 16.5. The van der Waals surface area contributed by atoms with Crippen LogP contribution in [0.3, 0.4) is 0 Å². The van der Waals surface area contributed by atoms with Gasteiger partial charge < -0.3 is 20.3 Å². The topological polar surface area (TPSA) is 125 Å². The fourth-order valence-corrected chi connectivity index (χ4v) is 1.30. The highest BCUT2D eigenvalue weighted by molar-refractivity contribution is 5.32. The van der Waals surface area contributed by atoms with Gasteiger partial charge in [0.2, 0.25) is 18.3 Å². The van der Waals surface area contributed by atoms with Crippen LogP contribution in [0.1, 0.15) is 19.2 Å². The fraction of sp³-hybridized carbons (Fsp3) is 0.500. The summed E-state index contributed by atoms with van der Waals surface area (Å²) < 4.78 is 9.94. The summed E-state index contributed by atoms with van der Waals surface area (Å²) >= 11 is 0. The summed E-state index contributed by atoms with van der Waals surface area (Å²) in [6, 6.07) is 0.219. The number of ether oxygens (including phenoxy) is 1. The van der Waals surface area contributed by atoms with Gasteiger partial charge in [0.05, 0.1) is 6.61 Å². The summed E-state index contributed by atoms with van der Waals surface area (Å²) in [4.78, 5) is 15.8. The van der Waals surface area contributed by atoms with Gasteiger partial charge in [0.1, 0.15) is 0 Å². The molecular formula is C10H15N7O2. The van der Waals surface area contributed by atoms with Gasteiger partial charge >= 0.3 is 6.01 Å². The monoisotopic (exact) mass is 265 g/mol. The van der Waals surface area contributed by atoms with E-state index in [2.05, 4.69) is 34.9 Å². The maximum Gasteiger partial charge on any atom is 0.323 e. The minimum absolute atomic E-state index is 0.114. The van der Waals surface area contributed by atoms with Gasteiger partial charge in [-0.1, -0.05) is 12.1 Å². The van der Waals surface area contributed by atoms with Crippen molar-refractivity contribution < 1.29 is 9.26 Å². The summed E-state index contributed by atoms with van der Waals surface area (Å²) in [5.74, 6) is 1.09. The average molecular weight is 265 g/mol. The zero-order chi connectivity index (χ0) is 13.5. The fourth-order valence-electron chi connectivity index (χ4n) is 1.30. The molecule has 0 atom stereocenters. The molecule has 2 aromatic heterocycles. The van der Waals surface area contributed by atoms with Crippen LogP contribution in [0.2, 0.25) is 0 Å². The minimum Gasteiger partial charge on any atom is -0.463 e. The molecule has 0 radical (unpaired) electrons. The maximum atomic E-state index is 5.58. The van der Waals surface area contributed by atoms with E-state index in [-0.39, 0.29) is 12.0 Å². The standard InChI is InChI=1S/C10H15N7O2/c1-2-5-18-10-15-8(11)14-9(16-10)12-4-3-7-13-6-19-17-7/h6H,2-5H2,1H3,(H3,11,12,14,15,16). The molecule has 2 rings (SSSR count). The largest absolute Gasteiger partial charge is 0.463 e. The summed E-state index contributed by atoms with van der Waals surface area (Å²) in [6.45, 7) is 3.08. The SMILES string of the molecule is CCCOc1nc(N)nc(NCCc2ncon2)n1. The third-order valence-electron chi connectivity index (χ3n) is 2.11. The second-order valence-electron chi connectivity index (χ2n) is 3.67. The molecule has 0 fully saturated rings. The number of nitrogen functional groups attached to an aromatic ring is 1. The van der Waals surface area contributed by atoms with E-state index in [9.17, 15) is 0 Å². The normalized spacial score (nSPS) is 10.4. The first-order valence-corrected chi connectivity index (χ1v) is 5.91. The Kier molecular flexibility index (Phi) is 4.43. The molecule has 0 spiro atoms.